The Morgan fingerprint density at radius 2 is 2.07 bits per heavy atom. The smallest absolute Gasteiger partial charge is 0.338 e. The van der Waals surface area contributed by atoms with E-state index in [1.54, 1.807) is 12.3 Å². The topological polar surface area (TPSA) is 66.3 Å². The van der Waals surface area contributed by atoms with Gasteiger partial charge in [0.05, 0.1) is 18.0 Å². The largest absolute Gasteiger partial charge is 0.478 e. The highest BCUT2D eigenvalue weighted by molar-refractivity contribution is 5.91. The molecule has 0 atom stereocenters. The zero-order valence-corrected chi connectivity index (χ0v) is 8.01. The van der Waals surface area contributed by atoms with Gasteiger partial charge in [-0.05, 0) is 12.3 Å². The maximum atomic E-state index is 10.8. The van der Waals surface area contributed by atoms with Crippen molar-refractivity contribution in [2.24, 2.45) is 0 Å². The van der Waals surface area contributed by atoms with E-state index < -0.39 is 5.97 Å². The number of aromatic nitrogens is 2. The van der Waals surface area contributed by atoms with E-state index in [0.29, 0.717) is 5.56 Å². The van der Waals surface area contributed by atoms with Crippen LogP contribution in [0.5, 0.6) is 0 Å². The minimum absolute atomic E-state index is 0.151. The maximum absolute atomic E-state index is 10.8. The van der Waals surface area contributed by atoms with Crippen molar-refractivity contribution in [3.63, 3.8) is 0 Å². The third kappa shape index (κ3) is 2.55. The van der Waals surface area contributed by atoms with Crippen LogP contribution in [0.2, 0.25) is 0 Å². The molecule has 0 saturated carbocycles. The Morgan fingerprint density at radius 1 is 1.43 bits per heavy atom. The molecule has 0 aliphatic heterocycles. The third-order valence-electron chi connectivity index (χ3n) is 1.54. The molecule has 0 aromatic carbocycles. The van der Waals surface area contributed by atoms with Crippen LogP contribution in [-0.4, -0.2) is 40.3 Å². The molecule has 0 spiro atoms. The summed E-state index contributed by atoms with van der Waals surface area (Å²) >= 11 is 0. The van der Waals surface area contributed by atoms with E-state index in [1.807, 2.05) is 19.0 Å². The lowest BCUT2D eigenvalue weighted by Crippen LogP contribution is -2.03. The zero-order chi connectivity index (χ0) is 10.6. The molecule has 1 aromatic rings. The van der Waals surface area contributed by atoms with Gasteiger partial charge in [-0.3, -0.25) is 0 Å². The summed E-state index contributed by atoms with van der Waals surface area (Å²) in [6.07, 6.45) is 6.09. The number of carbonyl (C=O) groups is 1. The van der Waals surface area contributed by atoms with Crippen molar-refractivity contribution in [2.75, 3.05) is 14.1 Å². The van der Waals surface area contributed by atoms with Gasteiger partial charge in [0.1, 0.15) is 0 Å². The van der Waals surface area contributed by atoms with Crippen LogP contribution in [0, 0.1) is 0 Å². The van der Waals surface area contributed by atoms with E-state index in [1.165, 1.54) is 12.4 Å². The van der Waals surface area contributed by atoms with Gasteiger partial charge in [-0.25, -0.2) is 4.79 Å². The summed E-state index contributed by atoms with van der Waals surface area (Å²) in [6.45, 7) is 0. The summed E-state index contributed by atoms with van der Waals surface area (Å²) in [5, 5.41) is 16.0. The van der Waals surface area contributed by atoms with Crippen LogP contribution in [0.4, 0.5) is 0 Å². The van der Waals surface area contributed by atoms with Crippen LogP contribution >= 0.6 is 0 Å². The van der Waals surface area contributed by atoms with Gasteiger partial charge in [-0.2, -0.15) is 10.2 Å². The minimum atomic E-state index is -1.00. The van der Waals surface area contributed by atoms with Crippen LogP contribution in [0.3, 0.4) is 0 Å². The fraction of sp³-hybridized carbons (Fsp3) is 0.222. The van der Waals surface area contributed by atoms with Crippen molar-refractivity contribution in [3.8, 4) is 0 Å². The van der Waals surface area contributed by atoms with Gasteiger partial charge in [-0.15, -0.1) is 0 Å². The van der Waals surface area contributed by atoms with Gasteiger partial charge in [-0.1, -0.05) is 0 Å². The number of carboxylic acid groups (broad SMARTS) is 1. The van der Waals surface area contributed by atoms with Gasteiger partial charge in [0.15, 0.2) is 0 Å². The highest BCUT2D eigenvalue weighted by Crippen LogP contribution is 2.07. The van der Waals surface area contributed by atoms with E-state index in [-0.39, 0.29) is 5.56 Å². The third-order valence-corrected chi connectivity index (χ3v) is 1.54. The van der Waals surface area contributed by atoms with Gasteiger partial charge in [0.2, 0.25) is 0 Å². The van der Waals surface area contributed by atoms with Crippen LogP contribution < -0.4 is 0 Å². The first-order valence-corrected chi connectivity index (χ1v) is 4.00. The second kappa shape index (κ2) is 4.36. The Kier molecular flexibility index (Phi) is 3.17. The van der Waals surface area contributed by atoms with Crippen molar-refractivity contribution in [3.05, 3.63) is 29.7 Å². The molecule has 14 heavy (non-hydrogen) atoms. The van der Waals surface area contributed by atoms with Gasteiger partial charge >= 0.3 is 5.97 Å². The standard InChI is InChI=1S/C9H11N3O2/c1-12(2)4-3-7-5-10-11-6-8(7)9(13)14/h3-6H,1-2H3,(H,13,14). The van der Waals surface area contributed by atoms with Crippen molar-refractivity contribution < 1.29 is 9.90 Å². The van der Waals surface area contributed by atoms with Crippen molar-refractivity contribution in [1.82, 2.24) is 15.1 Å². The van der Waals surface area contributed by atoms with E-state index in [0.717, 1.165) is 0 Å². The number of rotatable bonds is 3. The first-order chi connectivity index (χ1) is 6.61. The molecule has 0 radical (unpaired) electrons. The summed E-state index contributed by atoms with van der Waals surface area (Å²) in [5.41, 5.74) is 0.694. The molecule has 0 bridgehead atoms. The zero-order valence-electron chi connectivity index (χ0n) is 8.01. The SMILES string of the molecule is CN(C)C=Cc1cnncc1C(=O)O. The highest BCUT2D eigenvalue weighted by Gasteiger charge is 2.07. The monoisotopic (exact) mass is 193 g/mol. The van der Waals surface area contributed by atoms with Crippen LogP contribution in [0.1, 0.15) is 15.9 Å². The fourth-order valence-corrected chi connectivity index (χ4v) is 0.872. The summed E-state index contributed by atoms with van der Waals surface area (Å²) in [6, 6.07) is 0. The average molecular weight is 193 g/mol. The van der Waals surface area contributed by atoms with Crippen LogP contribution in [0.15, 0.2) is 18.6 Å². The lowest BCUT2D eigenvalue weighted by atomic mass is 10.2. The second-order valence-electron chi connectivity index (χ2n) is 2.94. The highest BCUT2D eigenvalue weighted by atomic mass is 16.4. The van der Waals surface area contributed by atoms with E-state index in [2.05, 4.69) is 10.2 Å². The Morgan fingerprint density at radius 3 is 2.64 bits per heavy atom. The minimum Gasteiger partial charge on any atom is -0.478 e. The number of carboxylic acids is 1. The van der Waals surface area contributed by atoms with Crippen molar-refractivity contribution in [2.45, 2.75) is 0 Å². The van der Waals surface area contributed by atoms with Crippen LogP contribution in [0.25, 0.3) is 6.08 Å². The van der Waals surface area contributed by atoms with Gasteiger partial charge in [0, 0.05) is 19.7 Å². The molecule has 1 rings (SSSR count). The molecule has 0 fully saturated rings. The second-order valence-corrected chi connectivity index (χ2v) is 2.94. The number of nitrogens with zero attached hydrogens (tertiary/aromatic N) is 3. The number of aromatic carboxylic acids is 1. The maximum Gasteiger partial charge on any atom is 0.338 e. The van der Waals surface area contributed by atoms with Crippen LogP contribution in [-0.2, 0) is 0 Å². The molecule has 0 aliphatic carbocycles. The van der Waals surface area contributed by atoms with E-state index in [4.69, 9.17) is 5.11 Å². The van der Waals surface area contributed by atoms with Crippen molar-refractivity contribution >= 4 is 12.0 Å². The Bertz CT molecular complexity index is 361. The molecule has 5 nitrogen and oxygen atoms in total. The molecule has 1 aromatic heterocycles. The van der Waals surface area contributed by atoms with Gasteiger partial charge < -0.3 is 10.0 Å². The Hall–Kier alpha value is -1.91. The normalized spacial score (nSPS) is 10.4. The molecule has 1 heterocycles. The Balaban J connectivity index is 3.02. The molecule has 0 aliphatic rings. The summed E-state index contributed by atoms with van der Waals surface area (Å²) < 4.78 is 0. The predicted molar refractivity (Wildman–Crippen MR) is 51.7 cm³/mol. The molecular formula is C9H11N3O2. The average Bonchev–Trinajstić information content (AvgIpc) is 2.15. The van der Waals surface area contributed by atoms with E-state index in [9.17, 15) is 4.79 Å². The number of hydrogen-bond donors (Lipinski definition) is 1. The lowest BCUT2D eigenvalue weighted by Gasteiger charge is -2.04. The Labute approximate surface area is 81.7 Å². The first-order valence-electron chi connectivity index (χ1n) is 4.00. The molecule has 1 N–H and O–H groups in total. The lowest BCUT2D eigenvalue weighted by molar-refractivity contribution is 0.0696. The van der Waals surface area contributed by atoms with Gasteiger partial charge in [0.25, 0.3) is 0 Å². The van der Waals surface area contributed by atoms with E-state index >= 15 is 0 Å². The summed E-state index contributed by atoms with van der Waals surface area (Å²) in [5.74, 6) is -1.00. The summed E-state index contributed by atoms with van der Waals surface area (Å²) in [4.78, 5) is 12.6. The van der Waals surface area contributed by atoms with Crippen molar-refractivity contribution in [1.29, 1.82) is 0 Å². The number of hydrogen-bond acceptors (Lipinski definition) is 4. The molecule has 74 valence electrons. The molecular weight excluding hydrogens is 182 g/mol. The molecule has 5 heteroatoms. The summed E-state index contributed by atoms with van der Waals surface area (Å²) in [7, 11) is 3.71. The molecule has 0 saturated heterocycles. The molecule has 0 amide bonds. The quantitative estimate of drug-likeness (QED) is 0.765. The predicted octanol–water partition coefficient (Wildman–Crippen LogP) is 0.707. The fourth-order valence-electron chi connectivity index (χ4n) is 0.872. The first kappa shape index (κ1) is 10.2. The molecule has 0 unspecified atom stereocenters.